The number of hydrogen-bond donors (Lipinski definition) is 4. The van der Waals surface area contributed by atoms with Crippen molar-refractivity contribution in [2.75, 3.05) is 117 Å². The minimum Gasteiger partial charge on any atom is -0.495 e. The van der Waals surface area contributed by atoms with Crippen LogP contribution in [-0.4, -0.2) is 147 Å². The van der Waals surface area contributed by atoms with Crippen molar-refractivity contribution in [3.8, 4) is 34.5 Å². The molecular weight excluding hydrogens is 1010 g/mol. The molecule has 0 spiro atoms. The maximum absolute atomic E-state index is 13.8. The summed E-state index contributed by atoms with van der Waals surface area (Å²) in [4.78, 5) is 20.3. The number of fused-ring (bicyclic) bond motifs is 2. The fourth-order valence-corrected chi connectivity index (χ4v) is 9.91. The molecule has 0 aliphatic carbocycles. The van der Waals surface area contributed by atoms with Crippen LogP contribution in [-0.2, 0) is 32.1 Å². The molecule has 21 heteroatoms. The number of carbonyl (C=O) groups is 1. The Morgan fingerprint density at radius 3 is 2.45 bits per heavy atom. The molecular formula is C56H67F3N10O7S. The number of methoxy groups -OCH3 is 1. The number of nitrogens with two attached hydrogens (primary N) is 1. The zero-order valence-electron chi connectivity index (χ0n) is 44.1. The molecule has 410 valence electrons. The first-order valence-electron chi connectivity index (χ1n) is 25.5. The van der Waals surface area contributed by atoms with Crippen LogP contribution in [0.5, 0.6) is 11.5 Å². The Morgan fingerprint density at radius 1 is 0.935 bits per heavy atom. The Labute approximate surface area is 451 Å². The Kier molecular flexibility index (Phi) is 19.7. The molecule has 0 radical (unpaired) electrons. The third-order valence-electron chi connectivity index (χ3n) is 12.9. The number of ether oxygens (including phenoxy) is 5. The molecule has 0 saturated carbocycles. The predicted molar refractivity (Wildman–Crippen MR) is 295 cm³/mol. The van der Waals surface area contributed by atoms with Crippen LogP contribution >= 0.6 is 11.9 Å². The first kappa shape index (κ1) is 56.3. The first-order valence-corrected chi connectivity index (χ1v) is 26.3. The second-order valence-electron chi connectivity index (χ2n) is 18.8. The number of nitrogens with zero attached hydrogens (tertiary/aromatic N) is 6. The van der Waals surface area contributed by atoms with Crippen LogP contribution < -0.4 is 31.2 Å². The van der Waals surface area contributed by atoms with Gasteiger partial charge >= 0.3 is 6.18 Å². The summed E-state index contributed by atoms with van der Waals surface area (Å²) in [5.74, 6) is 7.67. The van der Waals surface area contributed by atoms with Gasteiger partial charge in [-0.25, -0.2) is 9.29 Å². The average molecular weight is 1080 g/mol. The number of aryl methyl sites for hydroxylation is 2. The van der Waals surface area contributed by atoms with Gasteiger partial charge in [-0.15, -0.1) is 0 Å². The number of halogens is 3. The lowest BCUT2D eigenvalue weighted by molar-refractivity contribution is -0.140. The molecule has 0 bridgehead atoms. The number of likely N-dealkylation sites (N-methyl/N-ethyl adjacent to an activating group) is 1. The number of piperidine rings is 1. The predicted octanol–water partition coefficient (Wildman–Crippen LogP) is 8.62. The molecule has 5 N–H and O–H groups in total. The van der Waals surface area contributed by atoms with Crippen LogP contribution in [0.25, 0.3) is 33.1 Å². The number of anilines is 3. The molecule has 1 saturated heterocycles. The van der Waals surface area contributed by atoms with E-state index in [-0.39, 0.29) is 25.1 Å². The van der Waals surface area contributed by atoms with Gasteiger partial charge in [-0.2, -0.15) is 13.2 Å². The highest BCUT2D eigenvalue weighted by Gasteiger charge is 2.30. The molecule has 1 aliphatic rings. The summed E-state index contributed by atoms with van der Waals surface area (Å²) in [5.41, 5.74) is 14.5. The van der Waals surface area contributed by atoms with Crippen molar-refractivity contribution < 1.29 is 46.2 Å². The van der Waals surface area contributed by atoms with E-state index in [2.05, 4.69) is 54.2 Å². The Hall–Kier alpha value is -6.93. The monoisotopic (exact) mass is 1080 g/mol. The van der Waals surface area contributed by atoms with E-state index >= 15 is 0 Å². The molecule has 4 heterocycles. The van der Waals surface area contributed by atoms with Crippen molar-refractivity contribution in [2.45, 2.75) is 56.9 Å². The second-order valence-corrected chi connectivity index (χ2v) is 20.1. The zero-order chi connectivity index (χ0) is 54.3. The molecule has 77 heavy (non-hydrogen) atoms. The Bertz CT molecular complexity index is 3120. The summed E-state index contributed by atoms with van der Waals surface area (Å²) in [6, 6.07) is 24.7. The molecule has 0 unspecified atom stereocenters. The first-order chi connectivity index (χ1) is 37.2. The zero-order valence-corrected chi connectivity index (χ0v) is 45.0. The van der Waals surface area contributed by atoms with E-state index in [0.29, 0.717) is 98.9 Å². The van der Waals surface area contributed by atoms with Gasteiger partial charge in [0, 0.05) is 47.2 Å². The summed E-state index contributed by atoms with van der Waals surface area (Å²) in [7, 11) is 5.65. The average Bonchev–Trinajstić information content (AvgIpc) is 4.10. The number of aromatic nitrogens is 4. The van der Waals surface area contributed by atoms with E-state index < -0.39 is 12.7 Å². The van der Waals surface area contributed by atoms with Gasteiger partial charge in [0.2, 0.25) is 0 Å². The fraction of sp³-hybridized carbons (Fsp3) is 0.411. The van der Waals surface area contributed by atoms with Crippen molar-refractivity contribution in [1.29, 1.82) is 0 Å². The van der Waals surface area contributed by atoms with E-state index in [1.807, 2.05) is 86.1 Å². The number of hydrogen-bond acceptors (Lipinski definition) is 15. The molecule has 1 amide bonds. The van der Waals surface area contributed by atoms with Gasteiger partial charge in [0.25, 0.3) is 5.91 Å². The smallest absolute Gasteiger partial charge is 0.406 e. The maximum Gasteiger partial charge on any atom is 0.406 e. The highest BCUT2D eigenvalue weighted by molar-refractivity contribution is 7.97. The van der Waals surface area contributed by atoms with Gasteiger partial charge in [-0.05, 0) is 144 Å². The normalized spacial score (nSPS) is 13.3. The molecule has 4 aromatic carbocycles. The topological polar surface area (TPSA) is 181 Å². The number of alkyl halides is 3. The van der Waals surface area contributed by atoms with Crippen molar-refractivity contribution in [2.24, 2.45) is 0 Å². The molecule has 7 aromatic rings. The van der Waals surface area contributed by atoms with Crippen molar-refractivity contribution in [1.82, 2.24) is 33.8 Å². The number of likely N-dealkylation sites (tertiary alicyclic amines) is 1. The van der Waals surface area contributed by atoms with Crippen LogP contribution in [0.1, 0.15) is 35.6 Å². The summed E-state index contributed by atoms with van der Waals surface area (Å²) in [6.45, 7) is 8.58. The van der Waals surface area contributed by atoms with Gasteiger partial charge in [0.1, 0.15) is 29.3 Å². The maximum atomic E-state index is 13.8. The fourth-order valence-electron chi connectivity index (χ4n) is 9.09. The quantitative estimate of drug-likeness (QED) is 0.0175. The standard InChI is InChI=1S/C56H67F3N10O7S/c1-38-54(39(2)76-65-38)41-30-47(60)55-51(31-41)68(37-63-55)34-40-9-6-11-44(29-40)75-35-53(70)62-19-23-72-25-27-74-28-26-73-24-22-67(4)77-45-14-15-49(52(33-45)71-5)61-18-8-10-43-32-46-48(64-42-16-20-66(3)21-17-42)12-7-13-50(46)69(43)36-56(57,58)59/h6-7,9,11-15,29-33,37,42,61,64H,16-28,34-36,60H2,1-5H3,(H,62,70). The highest BCUT2D eigenvalue weighted by atomic mass is 32.2. The van der Waals surface area contributed by atoms with Crippen LogP contribution in [0.15, 0.2) is 94.6 Å². The Morgan fingerprint density at radius 2 is 1.70 bits per heavy atom. The largest absolute Gasteiger partial charge is 0.495 e. The van der Waals surface area contributed by atoms with E-state index in [0.717, 1.165) is 75.6 Å². The van der Waals surface area contributed by atoms with E-state index in [1.54, 1.807) is 31.6 Å². The van der Waals surface area contributed by atoms with E-state index in [9.17, 15) is 18.0 Å². The lowest BCUT2D eigenvalue weighted by Gasteiger charge is -2.30. The SMILES string of the molecule is COc1cc(SN(C)CCOCCOCCOCCNC(=O)COc2cccc(Cn3cnc4c(N)cc(-c5c(C)noc5C)cc43)c2)ccc1NCC#Cc1cc2c(NC3CCN(C)CC3)cccc2n1CC(F)(F)F. The molecule has 1 aliphatic heterocycles. The lowest BCUT2D eigenvalue weighted by Crippen LogP contribution is -2.36. The number of amides is 1. The van der Waals surface area contributed by atoms with Gasteiger partial charge in [-0.1, -0.05) is 29.3 Å². The van der Waals surface area contributed by atoms with Gasteiger partial charge in [-0.3, -0.25) is 4.79 Å². The number of carbonyl (C=O) groups excluding carboxylic acids is 1. The minimum absolute atomic E-state index is 0.138. The van der Waals surface area contributed by atoms with Crippen molar-refractivity contribution >= 4 is 56.9 Å². The van der Waals surface area contributed by atoms with Gasteiger partial charge in [0.15, 0.2) is 6.61 Å². The van der Waals surface area contributed by atoms with Crippen LogP contribution in [0.3, 0.4) is 0 Å². The molecule has 8 rings (SSSR count). The number of nitrogens with one attached hydrogen (secondary N) is 3. The number of imidazole rings is 1. The summed E-state index contributed by atoms with van der Waals surface area (Å²) in [5, 5.41) is 14.5. The molecule has 17 nitrogen and oxygen atoms in total. The molecule has 1 fully saturated rings. The number of rotatable bonds is 26. The van der Waals surface area contributed by atoms with Crippen LogP contribution in [0.2, 0.25) is 0 Å². The number of benzene rings is 4. The van der Waals surface area contributed by atoms with Crippen LogP contribution in [0, 0.1) is 25.7 Å². The van der Waals surface area contributed by atoms with E-state index in [1.165, 1.54) is 16.5 Å². The Balaban J connectivity index is 0.674. The summed E-state index contributed by atoms with van der Waals surface area (Å²) >= 11 is 1.54. The molecule has 0 atom stereocenters. The third-order valence-corrected chi connectivity index (χ3v) is 13.9. The summed E-state index contributed by atoms with van der Waals surface area (Å²) < 4.78 is 80.6. The lowest BCUT2D eigenvalue weighted by atomic mass is 10.0. The van der Waals surface area contributed by atoms with Crippen molar-refractivity contribution in [3.05, 3.63) is 108 Å². The van der Waals surface area contributed by atoms with Gasteiger partial charge in [0.05, 0.1) is 93.4 Å². The highest BCUT2D eigenvalue weighted by Crippen LogP contribution is 2.35. The van der Waals surface area contributed by atoms with Crippen molar-refractivity contribution in [3.63, 3.8) is 0 Å². The van der Waals surface area contributed by atoms with Crippen LogP contribution in [0.4, 0.5) is 30.2 Å². The third kappa shape index (κ3) is 15.8. The second kappa shape index (κ2) is 26.9. The minimum atomic E-state index is -4.41. The summed E-state index contributed by atoms with van der Waals surface area (Å²) in [6.07, 6.45) is -0.720. The number of nitrogen functional groups attached to an aromatic ring is 1. The molecule has 3 aromatic heterocycles. The van der Waals surface area contributed by atoms with Gasteiger partial charge < -0.3 is 63.9 Å². The van der Waals surface area contributed by atoms with E-state index in [4.69, 9.17) is 33.9 Å².